The van der Waals surface area contributed by atoms with Gasteiger partial charge >= 0.3 is 6.03 Å². The van der Waals surface area contributed by atoms with Crippen LogP contribution in [0.3, 0.4) is 0 Å². The number of nitrogen functional groups attached to an aromatic ring is 1. The molecule has 0 aliphatic heterocycles. The topological polar surface area (TPSA) is 116 Å². The van der Waals surface area contributed by atoms with Crippen molar-refractivity contribution in [2.45, 2.75) is 6.92 Å². The molecule has 90 valence electrons. The zero-order chi connectivity index (χ0) is 12.8. The fraction of sp³-hybridized carbons (Fsp3) is 0.200. The number of pyridine rings is 1. The van der Waals surface area contributed by atoms with E-state index < -0.39 is 6.03 Å². The second-order valence-electron chi connectivity index (χ2n) is 3.15. The van der Waals surface area contributed by atoms with E-state index in [0.29, 0.717) is 17.8 Å². The van der Waals surface area contributed by atoms with Crippen molar-refractivity contribution in [3.63, 3.8) is 0 Å². The number of rotatable bonds is 3. The number of urea groups is 1. The van der Waals surface area contributed by atoms with E-state index in [1.54, 1.807) is 0 Å². The Bertz CT molecular complexity index is 456. The number of carbonyl (C=O) groups excluding carboxylic acids is 1. The second kappa shape index (κ2) is 5.59. The third-order valence-electron chi connectivity index (χ3n) is 1.94. The van der Waals surface area contributed by atoms with Gasteiger partial charge in [0.25, 0.3) is 0 Å². The van der Waals surface area contributed by atoms with Crippen LogP contribution in [0.4, 0.5) is 16.3 Å². The van der Waals surface area contributed by atoms with Crippen LogP contribution in [0.1, 0.15) is 12.5 Å². The molecule has 0 atom stereocenters. The highest BCUT2D eigenvalue weighted by molar-refractivity contribution is 6.01. The van der Waals surface area contributed by atoms with E-state index in [1.807, 2.05) is 6.92 Å². The molecule has 0 aliphatic carbocycles. The Kier molecular flexibility index (Phi) is 4.15. The molecular formula is C10H14N6O. The normalized spacial score (nSPS) is 9.47. The first-order chi connectivity index (χ1) is 8.08. The summed E-state index contributed by atoms with van der Waals surface area (Å²) in [5.41, 5.74) is 6.59. The van der Waals surface area contributed by atoms with Gasteiger partial charge in [-0.2, -0.15) is 0 Å². The van der Waals surface area contributed by atoms with Crippen LogP contribution in [0.25, 0.3) is 0 Å². The van der Waals surface area contributed by atoms with Crippen molar-refractivity contribution >= 4 is 30.1 Å². The Balaban J connectivity index is 2.89. The molecule has 1 heterocycles. The monoisotopic (exact) mass is 234 g/mol. The number of anilines is 2. The number of nitrogens with two attached hydrogens (primary N) is 1. The Morgan fingerprint density at radius 1 is 1.71 bits per heavy atom. The summed E-state index contributed by atoms with van der Waals surface area (Å²) in [6.45, 7) is 5.58. The van der Waals surface area contributed by atoms with E-state index >= 15 is 0 Å². The Morgan fingerprint density at radius 3 is 2.94 bits per heavy atom. The molecule has 0 fully saturated rings. The fourth-order valence-corrected chi connectivity index (χ4v) is 1.17. The van der Waals surface area contributed by atoms with Gasteiger partial charge in [-0.1, -0.05) is 0 Å². The number of carbonyl (C=O) groups is 1. The molecule has 5 N–H and O–H groups in total. The lowest BCUT2D eigenvalue weighted by Crippen LogP contribution is -2.24. The van der Waals surface area contributed by atoms with Crippen molar-refractivity contribution in [1.29, 1.82) is 5.41 Å². The smallest absolute Gasteiger partial charge is 0.345 e. The van der Waals surface area contributed by atoms with Gasteiger partial charge in [0.15, 0.2) is 0 Å². The van der Waals surface area contributed by atoms with Crippen LogP contribution in [-0.4, -0.2) is 30.1 Å². The molecule has 1 rings (SSSR count). The number of nitrogens with zero attached hydrogens (tertiary/aromatic N) is 2. The zero-order valence-electron chi connectivity index (χ0n) is 9.45. The van der Waals surface area contributed by atoms with Crippen LogP contribution in [0.15, 0.2) is 17.3 Å². The standard InChI is InChI=1S/C10H14N6O/c1-3-14-9(12)6-5-15-8(4-7(6)11)16-10(17)13-2/h4-5H,2-3H2,1H3,(H2,12,14)(H3,11,15,16,17). The maximum absolute atomic E-state index is 10.9. The van der Waals surface area contributed by atoms with E-state index in [-0.39, 0.29) is 11.7 Å². The summed E-state index contributed by atoms with van der Waals surface area (Å²) >= 11 is 0. The lowest BCUT2D eigenvalue weighted by atomic mass is 10.2. The first-order valence-electron chi connectivity index (χ1n) is 4.94. The van der Waals surface area contributed by atoms with Gasteiger partial charge in [-0.05, 0) is 13.6 Å². The molecule has 17 heavy (non-hydrogen) atoms. The lowest BCUT2D eigenvalue weighted by molar-refractivity contribution is 0.259. The van der Waals surface area contributed by atoms with Gasteiger partial charge in [0.1, 0.15) is 11.7 Å². The summed E-state index contributed by atoms with van der Waals surface area (Å²) in [6.07, 6.45) is 1.42. The van der Waals surface area contributed by atoms with Crippen LogP contribution in [0.2, 0.25) is 0 Å². The predicted molar refractivity (Wildman–Crippen MR) is 67.7 cm³/mol. The maximum atomic E-state index is 10.9. The van der Waals surface area contributed by atoms with Crippen molar-refractivity contribution in [3.05, 3.63) is 17.8 Å². The minimum absolute atomic E-state index is 0.192. The highest BCUT2D eigenvalue weighted by Gasteiger charge is 2.08. The quantitative estimate of drug-likeness (QED) is 0.457. The Labute approximate surface area is 98.7 Å². The number of nitrogens with one attached hydrogen (secondary N) is 3. The van der Waals surface area contributed by atoms with Gasteiger partial charge in [0, 0.05) is 24.5 Å². The summed E-state index contributed by atoms with van der Waals surface area (Å²) < 4.78 is 0. The SMILES string of the molecule is C=NC(=O)Nc1cc(N)c(C(=N)NCC)cn1. The van der Waals surface area contributed by atoms with Crippen LogP contribution in [-0.2, 0) is 0 Å². The van der Waals surface area contributed by atoms with Crippen LogP contribution < -0.4 is 16.4 Å². The zero-order valence-corrected chi connectivity index (χ0v) is 9.45. The van der Waals surface area contributed by atoms with Crippen LogP contribution >= 0.6 is 0 Å². The van der Waals surface area contributed by atoms with Gasteiger partial charge in [0.05, 0.1) is 5.56 Å². The van der Waals surface area contributed by atoms with Crippen molar-refractivity contribution in [1.82, 2.24) is 10.3 Å². The average Bonchev–Trinajstić information content (AvgIpc) is 2.29. The molecule has 7 nitrogen and oxygen atoms in total. The molecule has 0 unspecified atom stereocenters. The van der Waals surface area contributed by atoms with Gasteiger partial charge in [-0.3, -0.25) is 10.7 Å². The van der Waals surface area contributed by atoms with Crippen molar-refractivity contribution < 1.29 is 4.79 Å². The van der Waals surface area contributed by atoms with Crippen molar-refractivity contribution in [2.24, 2.45) is 4.99 Å². The number of amidine groups is 1. The largest absolute Gasteiger partial charge is 0.398 e. The third kappa shape index (κ3) is 3.26. The molecule has 1 aromatic heterocycles. The van der Waals surface area contributed by atoms with Gasteiger partial charge in [-0.15, -0.1) is 0 Å². The van der Waals surface area contributed by atoms with E-state index in [9.17, 15) is 4.79 Å². The summed E-state index contributed by atoms with van der Waals surface area (Å²) in [5.74, 6) is 0.463. The summed E-state index contributed by atoms with van der Waals surface area (Å²) in [7, 11) is 0. The first kappa shape index (κ1) is 12.6. The van der Waals surface area contributed by atoms with Crippen molar-refractivity contribution in [2.75, 3.05) is 17.6 Å². The van der Waals surface area contributed by atoms with E-state index in [2.05, 4.69) is 27.3 Å². The maximum Gasteiger partial charge on any atom is 0.345 e. The number of aliphatic imine (C=N–C) groups is 1. The average molecular weight is 234 g/mol. The minimum Gasteiger partial charge on any atom is -0.398 e. The van der Waals surface area contributed by atoms with E-state index in [0.717, 1.165) is 0 Å². The molecule has 0 saturated heterocycles. The summed E-state index contributed by atoms with van der Waals surface area (Å²) in [6, 6.07) is 0.857. The predicted octanol–water partition coefficient (Wildman–Crippen LogP) is 0.831. The van der Waals surface area contributed by atoms with Crippen molar-refractivity contribution in [3.8, 4) is 0 Å². The molecule has 2 amide bonds. The fourth-order valence-electron chi connectivity index (χ4n) is 1.17. The molecule has 0 spiro atoms. The molecule has 0 aromatic carbocycles. The first-order valence-corrected chi connectivity index (χ1v) is 4.94. The Hall–Kier alpha value is -2.44. The number of hydrogen-bond donors (Lipinski definition) is 4. The lowest BCUT2D eigenvalue weighted by Gasteiger charge is -2.09. The highest BCUT2D eigenvalue weighted by atomic mass is 16.2. The minimum atomic E-state index is -0.605. The molecule has 0 radical (unpaired) electrons. The molecule has 0 aliphatic rings. The van der Waals surface area contributed by atoms with E-state index in [4.69, 9.17) is 11.1 Å². The highest BCUT2D eigenvalue weighted by Crippen LogP contribution is 2.14. The molecule has 7 heteroatoms. The molecular weight excluding hydrogens is 220 g/mol. The van der Waals surface area contributed by atoms with Crippen LogP contribution in [0.5, 0.6) is 0 Å². The van der Waals surface area contributed by atoms with Gasteiger partial charge in [0.2, 0.25) is 0 Å². The molecule has 0 saturated carbocycles. The van der Waals surface area contributed by atoms with E-state index in [1.165, 1.54) is 12.3 Å². The van der Waals surface area contributed by atoms with Crippen LogP contribution in [0, 0.1) is 5.41 Å². The number of amides is 2. The molecule has 1 aromatic rings. The summed E-state index contributed by atoms with van der Waals surface area (Å²) in [5, 5.41) is 12.9. The summed E-state index contributed by atoms with van der Waals surface area (Å²) in [4.78, 5) is 18.1. The second-order valence-corrected chi connectivity index (χ2v) is 3.15. The van der Waals surface area contributed by atoms with Gasteiger partial charge in [-0.25, -0.2) is 14.8 Å². The Morgan fingerprint density at radius 2 is 2.41 bits per heavy atom. The molecule has 0 bridgehead atoms. The van der Waals surface area contributed by atoms with Gasteiger partial charge < -0.3 is 11.1 Å². The third-order valence-corrected chi connectivity index (χ3v) is 1.94. The number of hydrogen-bond acceptors (Lipinski definition) is 4. The number of aromatic nitrogens is 1.